The van der Waals surface area contributed by atoms with Crippen molar-refractivity contribution in [2.75, 3.05) is 5.32 Å². The zero-order valence-corrected chi connectivity index (χ0v) is 17.7. The molecule has 174 valence electrons. The average Bonchev–Trinajstić information content (AvgIpc) is 3.26. The van der Waals surface area contributed by atoms with Crippen LogP contribution in [0.15, 0.2) is 60.8 Å². The fourth-order valence-electron chi connectivity index (χ4n) is 4.28. The number of nitrogens with one attached hydrogen (secondary N) is 3. The van der Waals surface area contributed by atoms with E-state index in [2.05, 4.69) is 22.5 Å². The van der Waals surface area contributed by atoms with Gasteiger partial charge in [-0.3, -0.25) is 4.79 Å². The van der Waals surface area contributed by atoms with Crippen molar-refractivity contribution in [1.82, 2.24) is 10.6 Å². The Morgan fingerprint density at radius 1 is 1.09 bits per heavy atom. The van der Waals surface area contributed by atoms with Gasteiger partial charge in [-0.05, 0) is 49.9 Å². The predicted molar refractivity (Wildman–Crippen MR) is 116 cm³/mol. The molecule has 0 spiro atoms. The summed E-state index contributed by atoms with van der Waals surface area (Å²) in [5.74, 6) is -1.03. The maximum atomic E-state index is 13.2. The Bertz CT molecular complexity index is 1060. The number of ether oxygens (including phenoxy) is 1. The number of hydrogen-bond donors (Lipinski definition) is 3. The summed E-state index contributed by atoms with van der Waals surface area (Å²) < 4.78 is 45.4. The van der Waals surface area contributed by atoms with Crippen molar-refractivity contribution in [3.63, 3.8) is 0 Å². The molecule has 9 heteroatoms. The molecule has 2 aromatic carbocycles. The van der Waals surface area contributed by atoms with Crippen LogP contribution in [0.5, 0.6) is 5.75 Å². The molecular formula is C24H24F3N3O3. The van der Waals surface area contributed by atoms with E-state index in [1.54, 1.807) is 18.2 Å². The third kappa shape index (κ3) is 5.13. The zero-order valence-electron chi connectivity index (χ0n) is 17.7. The molecule has 1 saturated heterocycles. The van der Waals surface area contributed by atoms with Crippen LogP contribution in [0.2, 0.25) is 0 Å². The minimum Gasteiger partial charge on any atom is -0.490 e. The van der Waals surface area contributed by atoms with Gasteiger partial charge in [0.2, 0.25) is 5.91 Å². The number of rotatable bonds is 5. The number of para-hydroxylation sites is 1. The summed E-state index contributed by atoms with van der Waals surface area (Å²) in [6, 6.07) is 10.2. The molecule has 0 bridgehead atoms. The average molecular weight is 459 g/mol. The fraction of sp³-hybridized carbons (Fsp3) is 0.333. The molecule has 6 nitrogen and oxygen atoms in total. The summed E-state index contributed by atoms with van der Waals surface area (Å²) in [5, 5.41) is 7.78. The second-order valence-electron chi connectivity index (χ2n) is 8.21. The van der Waals surface area contributed by atoms with Crippen molar-refractivity contribution in [1.29, 1.82) is 0 Å². The molecule has 0 aromatic heterocycles. The first-order chi connectivity index (χ1) is 15.7. The molecule has 1 saturated carbocycles. The summed E-state index contributed by atoms with van der Waals surface area (Å²) in [4.78, 5) is 25.4. The molecule has 0 unspecified atom stereocenters. The van der Waals surface area contributed by atoms with Crippen molar-refractivity contribution in [2.24, 2.45) is 5.92 Å². The normalized spacial score (nSPS) is 21.3. The van der Waals surface area contributed by atoms with Gasteiger partial charge in [0, 0.05) is 16.9 Å². The second kappa shape index (κ2) is 9.17. The van der Waals surface area contributed by atoms with E-state index in [4.69, 9.17) is 4.74 Å². The Morgan fingerprint density at radius 2 is 1.82 bits per heavy atom. The molecule has 1 heterocycles. The van der Waals surface area contributed by atoms with E-state index in [0.29, 0.717) is 11.3 Å². The Balaban J connectivity index is 1.62. The van der Waals surface area contributed by atoms with Crippen LogP contribution in [0, 0.1) is 5.92 Å². The van der Waals surface area contributed by atoms with E-state index < -0.39 is 35.6 Å². The van der Waals surface area contributed by atoms with Crippen LogP contribution in [-0.2, 0) is 11.0 Å². The van der Waals surface area contributed by atoms with Gasteiger partial charge in [-0.2, -0.15) is 13.2 Å². The largest absolute Gasteiger partial charge is 0.490 e. The van der Waals surface area contributed by atoms with Crippen LogP contribution in [0.1, 0.15) is 42.9 Å². The van der Waals surface area contributed by atoms with Crippen molar-refractivity contribution >= 4 is 17.6 Å². The Labute approximate surface area is 189 Å². The predicted octanol–water partition coefficient (Wildman–Crippen LogP) is 5.15. The summed E-state index contributed by atoms with van der Waals surface area (Å²) >= 11 is 0. The van der Waals surface area contributed by atoms with Gasteiger partial charge in [-0.25, -0.2) is 4.79 Å². The number of alkyl halides is 3. The molecule has 1 aliphatic carbocycles. The van der Waals surface area contributed by atoms with Gasteiger partial charge in [0.05, 0.1) is 17.7 Å². The van der Waals surface area contributed by atoms with Crippen LogP contribution in [-0.4, -0.2) is 18.0 Å². The van der Waals surface area contributed by atoms with Gasteiger partial charge in [0.1, 0.15) is 11.7 Å². The lowest BCUT2D eigenvalue weighted by Gasteiger charge is -2.35. The minimum absolute atomic E-state index is 0.00577. The van der Waals surface area contributed by atoms with Gasteiger partial charge in [0.15, 0.2) is 0 Å². The third-order valence-electron chi connectivity index (χ3n) is 5.86. The lowest BCUT2D eigenvalue weighted by atomic mass is 9.87. The summed E-state index contributed by atoms with van der Waals surface area (Å²) in [7, 11) is 0. The summed E-state index contributed by atoms with van der Waals surface area (Å²) in [5.41, 5.74) is -0.136. The van der Waals surface area contributed by atoms with Crippen LogP contribution in [0.3, 0.4) is 0 Å². The highest BCUT2D eigenvalue weighted by atomic mass is 19.4. The lowest BCUT2D eigenvalue weighted by Crippen LogP contribution is -2.52. The quantitative estimate of drug-likeness (QED) is 0.579. The van der Waals surface area contributed by atoms with Crippen molar-refractivity contribution in [3.05, 3.63) is 71.9 Å². The molecule has 3 N–H and O–H groups in total. The second-order valence-corrected chi connectivity index (χ2v) is 8.21. The highest BCUT2D eigenvalue weighted by Gasteiger charge is 2.39. The lowest BCUT2D eigenvalue weighted by molar-refractivity contribution is -0.137. The summed E-state index contributed by atoms with van der Waals surface area (Å²) in [6.45, 7) is 3.82. The van der Waals surface area contributed by atoms with Crippen LogP contribution in [0.4, 0.5) is 23.7 Å². The maximum Gasteiger partial charge on any atom is 0.416 e. The number of amides is 3. The molecule has 2 atom stereocenters. The molecule has 0 radical (unpaired) electrons. The smallest absolute Gasteiger partial charge is 0.416 e. The molecule has 4 rings (SSSR count). The van der Waals surface area contributed by atoms with E-state index >= 15 is 0 Å². The topological polar surface area (TPSA) is 79.5 Å². The Morgan fingerprint density at radius 3 is 2.55 bits per heavy atom. The monoisotopic (exact) mass is 459 g/mol. The third-order valence-corrected chi connectivity index (χ3v) is 5.86. The Hall–Kier alpha value is -3.49. The van der Waals surface area contributed by atoms with Crippen LogP contribution in [0.25, 0.3) is 0 Å². The van der Waals surface area contributed by atoms with E-state index in [0.717, 1.165) is 37.8 Å². The number of carbonyl (C=O) groups is 2. The number of carbonyl (C=O) groups excluding carboxylic acids is 2. The fourth-order valence-corrected chi connectivity index (χ4v) is 4.28. The number of halogens is 3. The van der Waals surface area contributed by atoms with Crippen LogP contribution >= 0.6 is 0 Å². The molecular weight excluding hydrogens is 435 g/mol. The number of urea groups is 1. The number of anilines is 1. The number of benzene rings is 2. The zero-order chi connectivity index (χ0) is 23.6. The van der Waals surface area contributed by atoms with Gasteiger partial charge < -0.3 is 20.7 Å². The van der Waals surface area contributed by atoms with E-state index in [9.17, 15) is 22.8 Å². The maximum absolute atomic E-state index is 13.2. The van der Waals surface area contributed by atoms with E-state index in [-0.39, 0.29) is 17.5 Å². The summed E-state index contributed by atoms with van der Waals surface area (Å²) in [6.07, 6.45) is -0.461. The van der Waals surface area contributed by atoms with Crippen molar-refractivity contribution in [3.8, 4) is 5.75 Å². The van der Waals surface area contributed by atoms with Crippen molar-refractivity contribution in [2.45, 2.75) is 44.0 Å². The van der Waals surface area contributed by atoms with Gasteiger partial charge in [-0.1, -0.05) is 30.8 Å². The van der Waals surface area contributed by atoms with Gasteiger partial charge in [0.25, 0.3) is 0 Å². The first kappa shape index (κ1) is 22.7. The molecule has 33 heavy (non-hydrogen) atoms. The van der Waals surface area contributed by atoms with Gasteiger partial charge in [-0.15, -0.1) is 0 Å². The Kier molecular flexibility index (Phi) is 6.31. The first-order valence-corrected chi connectivity index (χ1v) is 10.7. The first-order valence-electron chi connectivity index (χ1n) is 10.7. The standard InChI is InChI=1S/C24H24F3N3O3/c1-14-20(22(31)29-16-8-6-7-15(13-16)24(25,26)27)21(30-23(32)28-14)18-11-4-5-12-19(18)33-17-9-2-3-10-17/h4-8,11-13,17,20-21H,1-3,9-10H2,(H,29,31)(H2,28,30,32)/t20-,21+/m0/s1. The highest BCUT2D eigenvalue weighted by molar-refractivity contribution is 5.97. The number of hydrogen-bond acceptors (Lipinski definition) is 3. The van der Waals surface area contributed by atoms with Crippen molar-refractivity contribution < 1.29 is 27.5 Å². The molecule has 3 amide bonds. The highest BCUT2D eigenvalue weighted by Crippen LogP contribution is 2.37. The molecule has 1 aliphatic heterocycles. The van der Waals surface area contributed by atoms with E-state index in [1.165, 1.54) is 12.1 Å². The van der Waals surface area contributed by atoms with Crippen LogP contribution < -0.4 is 20.7 Å². The SMILES string of the molecule is C=C1NC(=O)N[C@H](c2ccccc2OC2CCCC2)[C@H]1C(=O)Nc1cccc(C(F)(F)F)c1. The van der Waals surface area contributed by atoms with E-state index in [1.807, 2.05) is 6.07 Å². The van der Waals surface area contributed by atoms with Gasteiger partial charge >= 0.3 is 12.2 Å². The minimum atomic E-state index is -4.54. The molecule has 2 fully saturated rings. The molecule has 2 aromatic rings. The molecule has 2 aliphatic rings.